The maximum absolute atomic E-state index is 12.7. The van der Waals surface area contributed by atoms with E-state index in [-0.39, 0.29) is 11.3 Å². The van der Waals surface area contributed by atoms with Crippen molar-refractivity contribution in [1.82, 2.24) is 0 Å². The average Bonchev–Trinajstić information content (AvgIpc) is 2.68. The zero-order valence-corrected chi connectivity index (χ0v) is 17.9. The van der Waals surface area contributed by atoms with Crippen molar-refractivity contribution in [3.63, 3.8) is 0 Å². The molecule has 0 saturated heterocycles. The molecule has 28 heavy (non-hydrogen) atoms. The van der Waals surface area contributed by atoms with Crippen LogP contribution in [0.2, 0.25) is 0 Å². The predicted octanol–water partition coefficient (Wildman–Crippen LogP) is 3.97. The number of carbonyl (C=O) groups excluding carboxylic acids is 2. The second kappa shape index (κ2) is 9.45. The van der Waals surface area contributed by atoms with Crippen LogP contribution in [0.25, 0.3) is 0 Å². The van der Waals surface area contributed by atoms with Crippen LogP contribution in [-0.4, -0.2) is 39.3 Å². The molecule has 2 aromatic rings. The Morgan fingerprint density at radius 3 is 2.25 bits per heavy atom. The smallest absolute Gasteiger partial charge is 0.340 e. The van der Waals surface area contributed by atoms with Crippen molar-refractivity contribution in [2.75, 3.05) is 26.6 Å². The number of methoxy groups -OCH3 is 3. The molecule has 7 nitrogen and oxygen atoms in total. The molecular formula is C20H22BrNO6. The highest BCUT2D eigenvalue weighted by molar-refractivity contribution is 9.10. The Hall–Kier alpha value is -2.74. The van der Waals surface area contributed by atoms with Crippen LogP contribution in [0.1, 0.15) is 22.8 Å². The number of para-hydroxylation sites is 1. The first kappa shape index (κ1) is 21.6. The Bertz CT molecular complexity index is 883. The maximum atomic E-state index is 12.7. The molecule has 0 aliphatic heterocycles. The number of anilines is 1. The fourth-order valence-electron chi connectivity index (χ4n) is 2.49. The van der Waals surface area contributed by atoms with Crippen LogP contribution in [-0.2, 0) is 9.53 Å². The Morgan fingerprint density at radius 2 is 1.68 bits per heavy atom. The van der Waals surface area contributed by atoms with Crippen LogP contribution in [0, 0.1) is 6.92 Å². The third-order valence-corrected chi connectivity index (χ3v) is 4.83. The Balaban J connectivity index is 2.22. The lowest BCUT2D eigenvalue weighted by molar-refractivity contribution is -0.123. The van der Waals surface area contributed by atoms with Gasteiger partial charge in [0, 0.05) is 5.69 Å². The van der Waals surface area contributed by atoms with Gasteiger partial charge < -0.3 is 24.3 Å². The third-order valence-electron chi connectivity index (χ3n) is 4.05. The predicted molar refractivity (Wildman–Crippen MR) is 108 cm³/mol. The Morgan fingerprint density at radius 1 is 1.04 bits per heavy atom. The van der Waals surface area contributed by atoms with Crippen molar-refractivity contribution in [2.45, 2.75) is 20.0 Å². The highest BCUT2D eigenvalue weighted by Crippen LogP contribution is 2.44. The van der Waals surface area contributed by atoms with Gasteiger partial charge in [-0.3, -0.25) is 4.79 Å². The van der Waals surface area contributed by atoms with Gasteiger partial charge in [0.15, 0.2) is 17.6 Å². The number of nitrogens with one attached hydrogen (secondary N) is 1. The molecule has 0 bridgehead atoms. The van der Waals surface area contributed by atoms with Gasteiger partial charge in [-0.25, -0.2) is 4.79 Å². The van der Waals surface area contributed by atoms with Gasteiger partial charge in [-0.1, -0.05) is 18.2 Å². The Labute approximate surface area is 172 Å². The summed E-state index contributed by atoms with van der Waals surface area (Å²) < 4.78 is 21.5. The van der Waals surface area contributed by atoms with Gasteiger partial charge in [0.05, 0.1) is 31.4 Å². The minimum Gasteiger partial charge on any atom is -0.493 e. The summed E-state index contributed by atoms with van der Waals surface area (Å²) in [5.41, 5.74) is 1.70. The maximum Gasteiger partial charge on any atom is 0.340 e. The van der Waals surface area contributed by atoms with Crippen molar-refractivity contribution < 1.29 is 28.5 Å². The van der Waals surface area contributed by atoms with Crippen molar-refractivity contribution >= 4 is 33.5 Å². The van der Waals surface area contributed by atoms with Gasteiger partial charge in [0.25, 0.3) is 5.91 Å². The number of aryl methyl sites for hydroxylation is 1. The summed E-state index contributed by atoms with van der Waals surface area (Å²) >= 11 is 3.33. The minimum absolute atomic E-state index is 0.144. The molecule has 2 aromatic carbocycles. The van der Waals surface area contributed by atoms with E-state index >= 15 is 0 Å². The standard InChI is InChI=1S/C20H22BrNO6/c1-11-8-6-7-9-14(11)22-19(23)12(2)28-20(24)13-10-15(25-3)17(26-4)18(27-5)16(13)21/h6-10,12H,1-5H3,(H,22,23). The molecule has 1 amide bonds. The third kappa shape index (κ3) is 4.56. The summed E-state index contributed by atoms with van der Waals surface area (Å²) in [6.07, 6.45) is -1.02. The average molecular weight is 452 g/mol. The highest BCUT2D eigenvalue weighted by Gasteiger charge is 2.26. The monoisotopic (exact) mass is 451 g/mol. The largest absolute Gasteiger partial charge is 0.493 e. The number of hydrogen-bond acceptors (Lipinski definition) is 6. The second-order valence-electron chi connectivity index (χ2n) is 5.86. The highest BCUT2D eigenvalue weighted by atomic mass is 79.9. The molecule has 0 aliphatic carbocycles. The molecular weight excluding hydrogens is 430 g/mol. The molecule has 0 fully saturated rings. The molecule has 1 unspecified atom stereocenters. The van der Waals surface area contributed by atoms with Crippen LogP contribution < -0.4 is 19.5 Å². The molecule has 1 N–H and O–H groups in total. The number of rotatable bonds is 7. The lowest BCUT2D eigenvalue weighted by atomic mass is 10.1. The van der Waals surface area contributed by atoms with Crippen molar-refractivity contribution in [2.24, 2.45) is 0 Å². The number of ether oxygens (including phenoxy) is 4. The molecule has 2 rings (SSSR count). The van der Waals surface area contributed by atoms with Gasteiger partial charge in [-0.05, 0) is 47.5 Å². The summed E-state index contributed by atoms with van der Waals surface area (Å²) in [7, 11) is 4.34. The molecule has 0 radical (unpaired) electrons. The first-order valence-corrected chi connectivity index (χ1v) is 9.19. The number of esters is 1. The molecule has 1 atom stereocenters. The van der Waals surface area contributed by atoms with Crippen LogP contribution in [0.4, 0.5) is 5.69 Å². The van der Waals surface area contributed by atoms with Crippen molar-refractivity contribution in [3.05, 3.63) is 45.9 Å². The van der Waals surface area contributed by atoms with Crippen molar-refractivity contribution in [3.8, 4) is 17.2 Å². The van der Waals surface area contributed by atoms with Crippen molar-refractivity contribution in [1.29, 1.82) is 0 Å². The molecule has 0 aromatic heterocycles. The van der Waals surface area contributed by atoms with E-state index in [9.17, 15) is 9.59 Å². The van der Waals surface area contributed by atoms with Gasteiger partial charge in [0.2, 0.25) is 5.75 Å². The molecule has 0 heterocycles. The summed E-state index contributed by atoms with van der Waals surface area (Å²) in [5, 5.41) is 2.75. The fourth-order valence-corrected chi connectivity index (χ4v) is 3.11. The van der Waals surface area contributed by atoms with Crippen LogP contribution in [0.5, 0.6) is 17.2 Å². The van der Waals surface area contributed by atoms with E-state index in [4.69, 9.17) is 18.9 Å². The molecule has 0 aliphatic rings. The molecule has 150 valence electrons. The summed E-state index contributed by atoms with van der Waals surface area (Å²) in [6.45, 7) is 3.37. The summed E-state index contributed by atoms with van der Waals surface area (Å²) in [6, 6.07) is 8.79. The number of halogens is 1. The first-order valence-electron chi connectivity index (χ1n) is 8.39. The number of amides is 1. The van der Waals surface area contributed by atoms with E-state index in [0.717, 1.165) is 5.56 Å². The minimum atomic E-state index is -1.02. The lowest BCUT2D eigenvalue weighted by Gasteiger charge is -2.18. The first-order chi connectivity index (χ1) is 13.3. The van der Waals surface area contributed by atoms with Gasteiger partial charge >= 0.3 is 5.97 Å². The quantitative estimate of drug-likeness (QED) is 0.641. The zero-order chi connectivity index (χ0) is 20.8. The Kier molecular flexibility index (Phi) is 7.28. The van der Waals surface area contributed by atoms with Crippen LogP contribution >= 0.6 is 15.9 Å². The van der Waals surface area contributed by atoms with E-state index in [0.29, 0.717) is 21.7 Å². The van der Waals surface area contributed by atoms with E-state index in [1.165, 1.54) is 34.3 Å². The second-order valence-corrected chi connectivity index (χ2v) is 6.65. The topological polar surface area (TPSA) is 83.1 Å². The lowest BCUT2D eigenvalue weighted by Crippen LogP contribution is -2.30. The van der Waals surface area contributed by atoms with Crippen LogP contribution in [0.15, 0.2) is 34.8 Å². The zero-order valence-electron chi connectivity index (χ0n) is 16.3. The molecule has 0 saturated carbocycles. The number of benzene rings is 2. The summed E-state index contributed by atoms with van der Waals surface area (Å²) in [5.74, 6) is -0.235. The molecule has 8 heteroatoms. The van der Waals surface area contributed by atoms with E-state index in [1.54, 1.807) is 6.07 Å². The van der Waals surface area contributed by atoms with E-state index in [1.807, 2.05) is 25.1 Å². The van der Waals surface area contributed by atoms with Gasteiger partial charge in [-0.15, -0.1) is 0 Å². The molecule has 0 spiro atoms. The summed E-state index contributed by atoms with van der Waals surface area (Å²) in [4.78, 5) is 25.0. The van der Waals surface area contributed by atoms with E-state index < -0.39 is 18.0 Å². The fraction of sp³-hybridized carbons (Fsp3) is 0.300. The van der Waals surface area contributed by atoms with Gasteiger partial charge in [-0.2, -0.15) is 0 Å². The van der Waals surface area contributed by atoms with Crippen LogP contribution in [0.3, 0.4) is 0 Å². The number of carbonyl (C=O) groups is 2. The SMILES string of the molecule is COc1cc(C(=O)OC(C)C(=O)Nc2ccccc2C)c(Br)c(OC)c1OC. The van der Waals surface area contributed by atoms with E-state index in [2.05, 4.69) is 21.2 Å². The van der Waals surface area contributed by atoms with Gasteiger partial charge in [0.1, 0.15) is 0 Å². The number of hydrogen-bond donors (Lipinski definition) is 1. The normalized spacial score (nSPS) is 11.4.